The number of carbonyl (C=O) groups is 2. The molecule has 1 aromatic carbocycles. The van der Waals surface area contributed by atoms with Crippen LogP contribution in [0.4, 0.5) is 0 Å². The highest BCUT2D eigenvalue weighted by molar-refractivity contribution is 6.31. The number of Topliss-reactive ketones (excluding diaryl/α,β-unsaturated/α-hetero) is 2. The molecule has 2 aliphatic carbocycles. The lowest BCUT2D eigenvalue weighted by atomic mass is 9.87. The van der Waals surface area contributed by atoms with Crippen molar-refractivity contribution < 1.29 is 19.4 Å². The maximum atomic E-state index is 13.4. The number of phenols is 1. The maximum Gasteiger partial charge on any atom is 0.183 e. The van der Waals surface area contributed by atoms with Crippen molar-refractivity contribution in [2.24, 2.45) is 5.92 Å². The molecule has 1 saturated heterocycles. The molecule has 3 aliphatic rings. The van der Waals surface area contributed by atoms with Gasteiger partial charge in [-0.05, 0) is 69.4 Å². The predicted octanol–water partition coefficient (Wildman–Crippen LogP) is 3.90. The van der Waals surface area contributed by atoms with Crippen molar-refractivity contribution in [3.8, 4) is 5.75 Å². The molecule has 4 atom stereocenters. The Labute approximate surface area is 175 Å². The van der Waals surface area contributed by atoms with Crippen LogP contribution in [-0.4, -0.2) is 40.0 Å². The van der Waals surface area contributed by atoms with E-state index in [1.54, 1.807) is 12.1 Å². The fourth-order valence-corrected chi connectivity index (χ4v) is 4.25. The molecule has 4 unspecified atom stereocenters. The van der Waals surface area contributed by atoms with E-state index in [1.807, 2.05) is 32.1 Å². The number of aromatic hydroxyl groups is 1. The predicted molar refractivity (Wildman–Crippen MR) is 111 cm³/mol. The molecule has 1 heterocycles. The van der Waals surface area contributed by atoms with Gasteiger partial charge in [0.05, 0.1) is 11.6 Å². The van der Waals surface area contributed by atoms with Crippen LogP contribution in [0.2, 0.25) is 0 Å². The quantitative estimate of drug-likeness (QED) is 0.496. The molecule has 1 aromatic rings. The fraction of sp³-hybridized carbons (Fsp3) is 0.478. The fourth-order valence-electron chi connectivity index (χ4n) is 4.11. The van der Waals surface area contributed by atoms with Gasteiger partial charge in [0, 0.05) is 23.1 Å². The highest BCUT2D eigenvalue weighted by Gasteiger charge is 2.57. The average Bonchev–Trinajstić information content (AvgIpc) is 3.59. The standard InChI is InChI=1S/C23H26ClNO4/c1-22(11-9-16(24)10-12-22)29-23(2,15-5-6-15)21(28)20-18(25-20)13-19(27)14-3-7-17(26)8-4-14/h3-4,7-11,15,18,20,25-26H,5-6,12-13H2,1-2H3. The molecule has 2 fully saturated rings. The van der Waals surface area contributed by atoms with Crippen molar-refractivity contribution in [3.63, 3.8) is 0 Å². The van der Waals surface area contributed by atoms with E-state index in [4.69, 9.17) is 16.3 Å². The number of phenolic OH excluding ortho intramolecular Hbond substituents is 1. The summed E-state index contributed by atoms with van der Waals surface area (Å²) < 4.78 is 6.46. The van der Waals surface area contributed by atoms with Crippen LogP contribution in [-0.2, 0) is 9.53 Å². The summed E-state index contributed by atoms with van der Waals surface area (Å²) >= 11 is 6.04. The van der Waals surface area contributed by atoms with Gasteiger partial charge in [0.2, 0.25) is 0 Å². The van der Waals surface area contributed by atoms with Crippen LogP contribution in [0.5, 0.6) is 5.75 Å². The number of nitrogens with one attached hydrogen (secondary N) is 1. The molecular formula is C23H26ClNO4. The summed E-state index contributed by atoms with van der Waals surface area (Å²) in [6, 6.07) is 5.65. The van der Waals surface area contributed by atoms with E-state index < -0.39 is 11.2 Å². The van der Waals surface area contributed by atoms with Gasteiger partial charge in [-0.2, -0.15) is 0 Å². The molecule has 0 bridgehead atoms. The molecule has 154 valence electrons. The number of carbonyl (C=O) groups excluding carboxylic acids is 2. The SMILES string of the molecule is CC1(OC(C)(C(=O)C2NC2CC(=O)c2ccc(O)cc2)C2CC2)C=CC(Cl)=CC1. The Hall–Kier alpha value is -1.95. The minimum absolute atomic E-state index is 0.0266. The number of benzene rings is 1. The Morgan fingerprint density at radius 1 is 1.31 bits per heavy atom. The molecule has 6 heteroatoms. The van der Waals surface area contributed by atoms with Crippen molar-refractivity contribution in [2.45, 2.75) is 62.8 Å². The number of ketones is 2. The van der Waals surface area contributed by atoms with Crippen LogP contribution in [0.15, 0.2) is 47.5 Å². The first-order valence-electron chi connectivity index (χ1n) is 10.1. The summed E-state index contributed by atoms with van der Waals surface area (Å²) in [7, 11) is 0. The smallest absolute Gasteiger partial charge is 0.183 e. The molecule has 0 aromatic heterocycles. The Balaban J connectivity index is 1.41. The molecule has 0 amide bonds. The van der Waals surface area contributed by atoms with Gasteiger partial charge in [0.15, 0.2) is 11.6 Å². The van der Waals surface area contributed by atoms with Crippen molar-refractivity contribution in [1.82, 2.24) is 5.32 Å². The normalized spacial score (nSPS) is 30.4. The first kappa shape index (κ1) is 20.3. The number of ether oxygens (including phenoxy) is 1. The maximum absolute atomic E-state index is 13.4. The van der Waals surface area contributed by atoms with Crippen LogP contribution in [0.3, 0.4) is 0 Å². The van der Waals surface area contributed by atoms with Crippen LogP contribution < -0.4 is 5.32 Å². The summed E-state index contributed by atoms with van der Waals surface area (Å²) in [4.78, 5) is 25.8. The lowest BCUT2D eigenvalue weighted by molar-refractivity contribution is -0.163. The van der Waals surface area contributed by atoms with Crippen molar-refractivity contribution in [1.29, 1.82) is 0 Å². The van der Waals surface area contributed by atoms with Crippen molar-refractivity contribution in [3.05, 3.63) is 53.1 Å². The summed E-state index contributed by atoms with van der Waals surface area (Å²) in [6.07, 6.45) is 8.47. The van der Waals surface area contributed by atoms with E-state index in [-0.39, 0.29) is 41.7 Å². The van der Waals surface area contributed by atoms with Gasteiger partial charge in [-0.3, -0.25) is 9.59 Å². The molecule has 0 radical (unpaired) electrons. The number of halogens is 1. The summed E-state index contributed by atoms with van der Waals surface area (Å²) in [5.74, 6) is 0.308. The molecule has 5 nitrogen and oxygen atoms in total. The first-order valence-corrected chi connectivity index (χ1v) is 10.5. The van der Waals surface area contributed by atoms with E-state index in [1.165, 1.54) is 12.1 Å². The van der Waals surface area contributed by atoms with Crippen molar-refractivity contribution in [2.75, 3.05) is 0 Å². The number of hydrogen-bond donors (Lipinski definition) is 2. The number of allylic oxidation sites excluding steroid dienone is 2. The lowest BCUT2D eigenvalue weighted by Gasteiger charge is -2.39. The second kappa shape index (κ2) is 7.38. The van der Waals surface area contributed by atoms with E-state index in [0.29, 0.717) is 17.0 Å². The van der Waals surface area contributed by atoms with Crippen LogP contribution in [0.25, 0.3) is 0 Å². The molecule has 2 N–H and O–H groups in total. The van der Waals surface area contributed by atoms with Gasteiger partial charge >= 0.3 is 0 Å². The zero-order chi connectivity index (χ0) is 20.8. The zero-order valence-electron chi connectivity index (χ0n) is 16.7. The summed E-state index contributed by atoms with van der Waals surface area (Å²) in [5.41, 5.74) is -0.921. The lowest BCUT2D eigenvalue weighted by Crippen LogP contribution is -2.50. The third-order valence-corrected chi connectivity index (χ3v) is 6.43. The van der Waals surface area contributed by atoms with Crippen LogP contribution in [0, 0.1) is 5.92 Å². The monoisotopic (exact) mass is 415 g/mol. The Morgan fingerprint density at radius 3 is 2.59 bits per heavy atom. The summed E-state index contributed by atoms with van der Waals surface area (Å²) in [5, 5.41) is 13.2. The van der Waals surface area contributed by atoms with Gasteiger partial charge in [-0.15, -0.1) is 0 Å². The van der Waals surface area contributed by atoms with E-state index in [9.17, 15) is 14.7 Å². The van der Waals surface area contributed by atoms with Gasteiger partial charge < -0.3 is 15.2 Å². The number of hydrogen-bond acceptors (Lipinski definition) is 5. The second-order valence-corrected chi connectivity index (χ2v) is 9.15. The average molecular weight is 416 g/mol. The Kier molecular flexibility index (Phi) is 5.18. The molecule has 0 spiro atoms. The highest BCUT2D eigenvalue weighted by atomic mass is 35.5. The second-order valence-electron chi connectivity index (χ2n) is 8.71. The van der Waals surface area contributed by atoms with Gasteiger partial charge in [0.25, 0.3) is 0 Å². The van der Waals surface area contributed by atoms with Crippen molar-refractivity contribution >= 4 is 23.2 Å². The largest absolute Gasteiger partial charge is 0.508 e. The topological polar surface area (TPSA) is 85.5 Å². The zero-order valence-corrected chi connectivity index (χ0v) is 17.4. The van der Waals surface area contributed by atoms with E-state index in [2.05, 4.69) is 5.32 Å². The third-order valence-electron chi connectivity index (χ3n) is 6.15. The molecule has 1 aliphatic heterocycles. The minimum Gasteiger partial charge on any atom is -0.508 e. The van der Waals surface area contributed by atoms with Gasteiger partial charge in [0.1, 0.15) is 11.4 Å². The molecule has 1 saturated carbocycles. The highest BCUT2D eigenvalue weighted by Crippen LogP contribution is 2.47. The molecular weight excluding hydrogens is 390 g/mol. The summed E-state index contributed by atoms with van der Waals surface area (Å²) in [6.45, 7) is 3.87. The molecule has 4 rings (SSSR count). The number of rotatable bonds is 8. The van der Waals surface area contributed by atoms with E-state index >= 15 is 0 Å². The first-order chi connectivity index (χ1) is 13.7. The van der Waals surface area contributed by atoms with E-state index in [0.717, 1.165) is 12.8 Å². The third kappa shape index (κ3) is 4.32. The van der Waals surface area contributed by atoms with Crippen LogP contribution in [0.1, 0.15) is 49.9 Å². The molecule has 29 heavy (non-hydrogen) atoms. The van der Waals surface area contributed by atoms with Gasteiger partial charge in [-0.25, -0.2) is 0 Å². The van der Waals surface area contributed by atoms with Gasteiger partial charge in [-0.1, -0.05) is 23.8 Å². The van der Waals surface area contributed by atoms with Crippen LogP contribution >= 0.6 is 11.6 Å². The Bertz CT molecular complexity index is 889. The minimum atomic E-state index is -0.884. The Morgan fingerprint density at radius 2 is 2.00 bits per heavy atom.